The van der Waals surface area contributed by atoms with Crippen LogP contribution in [-0.4, -0.2) is 4.98 Å². The van der Waals surface area contributed by atoms with E-state index in [0.717, 1.165) is 0 Å². The van der Waals surface area contributed by atoms with Crippen molar-refractivity contribution in [1.29, 1.82) is 0 Å². The third kappa shape index (κ3) is 4.73. The van der Waals surface area contributed by atoms with Gasteiger partial charge in [-0.15, -0.1) is 0 Å². The van der Waals surface area contributed by atoms with Crippen molar-refractivity contribution in [2.24, 2.45) is 0 Å². The van der Waals surface area contributed by atoms with Gasteiger partial charge < -0.3 is 4.98 Å². The average molecular weight is 290 g/mol. The van der Waals surface area contributed by atoms with Crippen molar-refractivity contribution in [1.82, 2.24) is 4.98 Å². The smallest absolute Gasteiger partial charge is 0.0419 e. The Morgan fingerprint density at radius 2 is 1.25 bits per heavy atom. The number of halogens is 1. The highest BCUT2D eigenvalue weighted by Crippen LogP contribution is 2.34. The van der Waals surface area contributed by atoms with E-state index < -0.39 is 0 Å². The number of aromatic amines is 1. The molecule has 1 nitrogen and oxygen atoms in total. The molecule has 1 N–H and O–H groups in total. The topological polar surface area (TPSA) is 15.8 Å². The number of hydrogen-bond donors (Lipinski definition) is 1. The molecule has 16 heavy (non-hydrogen) atoms. The van der Waals surface area contributed by atoms with Gasteiger partial charge in [-0.2, -0.15) is 0 Å². The first-order valence-electron chi connectivity index (χ1n) is 6.19. The highest BCUT2D eigenvalue weighted by molar-refractivity contribution is 9.10. The number of aryl methyl sites for hydroxylation is 2. The minimum absolute atomic E-state index is 0.216. The second kappa shape index (κ2) is 7.94. The van der Waals surface area contributed by atoms with Crippen LogP contribution in [0, 0.1) is 13.8 Å². The first-order valence-corrected chi connectivity index (χ1v) is 6.98. The summed E-state index contributed by atoms with van der Waals surface area (Å²) in [6.45, 7) is 18.9. The van der Waals surface area contributed by atoms with E-state index in [0.29, 0.717) is 0 Å². The molecular formula is C14H28BrN. The lowest BCUT2D eigenvalue weighted by atomic mass is 9.87. The summed E-state index contributed by atoms with van der Waals surface area (Å²) in [6.07, 6.45) is 0. The third-order valence-electron chi connectivity index (χ3n) is 2.05. The van der Waals surface area contributed by atoms with Crippen LogP contribution in [0.3, 0.4) is 0 Å². The zero-order valence-electron chi connectivity index (χ0n) is 12.4. The maximum atomic E-state index is 3.61. The van der Waals surface area contributed by atoms with Crippen molar-refractivity contribution < 1.29 is 0 Å². The Balaban J connectivity index is 0. The normalized spacial score (nSPS) is 9.88. The van der Waals surface area contributed by atoms with Crippen LogP contribution >= 0.6 is 15.9 Å². The van der Waals surface area contributed by atoms with Crippen molar-refractivity contribution >= 4 is 15.9 Å². The quantitative estimate of drug-likeness (QED) is 0.626. The van der Waals surface area contributed by atoms with Gasteiger partial charge in [-0.25, -0.2) is 0 Å². The van der Waals surface area contributed by atoms with E-state index in [-0.39, 0.29) is 5.41 Å². The maximum Gasteiger partial charge on any atom is 0.0419 e. The predicted octanol–water partition coefficient (Wildman–Crippen LogP) is 5.74. The summed E-state index contributed by atoms with van der Waals surface area (Å²) in [5.41, 5.74) is 4.09. The van der Waals surface area contributed by atoms with Crippen LogP contribution in [0.2, 0.25) is 0 Å². The van der Waals surface area contributed by atoms with Gasteiger partial charge in [0.1, 0.15) is 0 Å². The lowest BCUT2D eigenvalue weighted by Crippen LogP contribution is -2.12. The maximum absolute atomic E-state index is 3.61. The molecule has 0 bridgehead atoms. The van der Waals surface area contributed by atoms with E-state index in [2.05, 4.69) is 55.5 Å². The number of hydrogen-bond acceptors (Lipinski definition) is 0. The largest absolute Gasteiger partial charge is 0.362 e. The number of nitrogens with one attached hydrogen (secondary N) is 1. The van der Waals surface area contributed by atoms with E-state index in [1.807, 2.05) is 27.7 Å². The molecule has 1 aromatic rings. The second-order valence-corrected chi connectivity index (χ2v) is 5.11. The van der Waals surface area contributed by atoms with Gasteiger partial charge in [0.05, 0.1) is 0 Å². The minimum atomic E-state index is 0.216. The van der Waals surface area contributed by atoms with Crippen LogP contribution in [0.15, 0.2) is 4.47 Å². The van der Waals surface area contributed by atoms with Gasteiger partial charge in [0.2, 0.25) is 0 Å². The third-order valence-corrected chi connectivity index (χ3v) is 3.04. The first-order chi connectivity index (χ1) is 7.34. The molecule has 0 aromatic carbocycles. The molecule has 0 amide bonds. The number of H-pyrrole nitrogens is 1. The molecule has 0 atom stereocenters. The van der Waals surface area contributed by atoms with Crippen LogP contribution in [-0.2, 0) is 5.41 Å². The Hall–Kier alpha value is -0.240. The Kier molecular flexibility index (Phi) is 9.00. The summed E-state index contributed by atoms with van der Waals surface area (Å²) in [4.78, 5) is 3.34. The van der Waals surface area contributed by atoms with Crippen LogP contribution in [0.1, 0.15) is 65.4 Å². The molecule has 1 aromatic heterocycles. The molecule has 2 heteroatoms. The molecular weight excluding hydrogens is 262 g/mol. The number of rotatable bonds is 0. The highest BCUT2D eigenvalue weighted by Gasteiger charge is 2.22. The Morgan fingerprint density at radius 1 is 0.875 bits per heavy atom. The molecule has 0 spiro atoms. The van der Waals surface area contributed by atoms with Crippen LogP contribution in [0.5, 0.6) is 0 Å². The van der Waals surface area contributed by atoms with Crippen molar-refractivity contribution in [3.05, 3.63) is 21.4 Å². The summed E-state index contributed by atoms with van der Waals surface area (Å²) in [6, 6.07) is 0. The van der Waals surface area contributed by atoms with E-state index >= 15 is 0 Å². The second-order valence-electron chi connectivity index (χ2n) is 4.31. The van der Waals surface area contributed by atoms with Crippen molar-refractivity contribution in [3.8, 4) is 0 Å². The fraction of sp³-hybridized carbons (Fsp3) is 0.714. The van der Waals surface area contributed by atoms with Crippen LogP contribution in [0.25, 0.3) is 0 Å². The molecule has 0 aliphatic carbocycles. The monoisotopic (exact) mass is 289 g/mol. The fourth-order valence-electron chi connectivity index (χ4n) is 1.64. The summed E-state index contributed by atoms with van der Waals surface area (Å²) >= 11 is 3.61. The van der Waals surface area contributed by atoms with E-state index in [4.69, 9.17) is 0 Å². The van der Waals surface area contributed by atoms with Gasteiger partial charge in [-0.3, -0.25) is 0 Å². The van der Waals surface area contributed by atoms with Gasteiger partial charge >= 0.3 is 0 Å². The van der Waals surface area contributed by atoms with Crippen molar-refractivity contribution in [2.75, 3.05) is 0 Å². The molecule has 0 aliphatic rings. The molecule has 1 heterocycles. The minimum Gasteiger partial charge on any atom is -0.362 e. The Labute approximate surface area is 110 Å². The fourth-order valence-corrected chi connectivity index (χ4v) is 2.63. The summed E-state index contributed by atoms with van der Waals surface area (Å²) in [5.74, 6) is 0. The first kappa shape index (κ1) is 18.1. The molecule has 0 radical (unpaired) electrons. The van der Waals surface area contributed by atoms with E-state index in [1.165, 1.54) is 21.4 Å². The summed E-state index contributed by atoms with van der Waals surface area (Å²) in [5, 5.41) is 0. The van der Waals surface area contributed by atoms with E-state index in [9.17, 15) is 0 Å². The van der Waals surface area contributed by atoms with E-state index in [1.54, 1.807) is 0 Å². The zero-order valence-corrected chi connectivity index (χ0v) is 14.0. The van der Waals surface area contributed by atoms with Crippen molar-refractivity contribution in [3.63, 3.8) is 0 Å². The molecule has 0 saturated carbocycles. The van der Waals surface area contributed by atoms with Crippen LogP contribution < -0.4 is 0 Å². The zero-order chi connectivity index (χ0) is 13.5. The Bertz CT molecular complexity index is 292. The van der Waals surface area contributed by atoms with Gasteiger partial charge in [-0.1, -0.05) is 48.5 Å². The highest BCUT2D eigenvalue weighted by atomic mass is 79.9. The SMILES string of the molecule is CC.CC.Cc1[nH]c(C)c(C(C)(C)C)c1Br. The molecule has 1 rings (SSSR count). The van der Waals surface area contributed by atoms with Crippen LogP contribution in [0.4, 0.5) is 0 Å². The predicted molar refractivity (Wildman–Crippen MR) is 79.4 cm³/mol. The summed E-state index contributed by atoms with van der Waals surface area (Å²) < 4.78 is 1.23. The van der Waals surface area contributed by atoms with Crippen molar-refractivity contribution in [2.45, 2.75) is 67.7 Å². The molecule has 0 fully saturated rings. The van der Waals surface area contributed by atoms with Gasteiger partial charge in [0, 0.05) is 15.9 Å². The average Bonchev–Trinajstić information content (AvgIpc) is 2.46. The van der Waals surface area contributed by atoms with Gasteiger partial charge in [-0.05, 0) is 40.8 Å². The lowest BCUT2D eigenvalue weighted by molar-refractivity contribution is 0.584. The van der Waals surface area contributed by atoms with Gasteiger partial charge in [0.15, 0.2) is 0 Å². The molecule has 0 aliphatic heterocycles. The summed E-state index contributed by atoms with van der Waals surface area (Å²) in [7, 11) is 0. The Morgan fingerprint density at radius 3 is 1.38 bits per heavy atom. The number of aromatic nitrogens is 1. The molecule has 0 saturated heterocycles. The molecule has 0 unspecified atom stereocenters. The van der Waals surface area contributed by atoms with Gasteiger partial charge in [0.25, 0.3) is 0 Å². The standard InChI is InChI=1S/C10H16BrN.2C2H6/c1-6-8(10(3,4)5)9(11)7(2)12-6;2*1-2/h12H,1-5H3;2*1-2H3. The lowest BCUT2D eigenvalue weighted by Gasteiger charge is -2.19. The molecule has 96 valence electrons.